The summed E-state index contributed by atoms with van der Waals surface area (Å²) in [5.41, 5.74) is 7.35. The van der Waals surface area contributed by atoms with Crippen LogP contribution in [0, 0.1) is 0 Å². The van der Waals surface area contributed by atoms with E-state index in [2.05, 4.69) is 29.4 Å². The van der Waals surface area contributed by atoms with Gasteiger partial charge in [0, 0.05) is 37.1 Å². The summed E-state index contributed by atoms with van der Waals surface area (Å²) in [6.45, 7) is 2.66. The highest BCUT2D eigenvalue weighted by Gasteiger charge is 2.05. The second kappa shape index (κ2) is 6.15. The van der Waals surface area contributed by atoms with Gasteiger partial charge in [0.2, 0.25) is 5.91 Å². The van der Waals surface area contributed by atoms with Crippen LogP contribution < -0.4 is 11.1 Å². The van der Waals surface area contributed by atoms with Gasteiger partial charge < -0.3 is 15.6 Å². The standard InChI is InChI=1S/C14H18N4O/c1-11(17-7-6-14(15)19)12-2-4-13(5-3-12)18-9-8-16-10-18/h2-5,8-11,17H,6-7H2,1H3,(H2,15,19). The van der Waals surface area contributed by atoms with Crippen LogP contribution in [0.2, 0.25) is 0 Å². The minimum atomic E-state index is -0.282. The topological polar surface area (TPSA) is 72.9 Å². The molecular weight excluding hydrogens is 240 g/mol. The molecule has 1 heterocycles. The smallest absolute Gasteiger partial charge is 0.218 e. The van der Waals surface area contributed by atoms with E-state index in [1.54, 1.807) is 12.5 Å². The van der Waals surface area contributed by atoms with Crippen LogP contribution in [0.25, 0.3) is 5.69 Å². The molecule has 19 heavy (non-hydrogen) atoms. The van der Waals surface area contributed by atoms with Crippen molar-refractivity contribution in [3.05, 3.63) is 48.5 Å². The van der Waals surface area contributed by atoms with Crippen LogP contribution in [0.4, 0.5) is 0 Å². The number of imidazole rings is 1. The van der Waals surface area contributed by atoms with Crippen molar-refractivity contribution >= 4 is 5.91 Å². The van der Waals surface area contributed by atoms with Gasteiger partial charge in [0.05, 0.1) is 6.33 Å². The lowest BCUT2D eigenvalue weighted by molar-refractivity contribution is -0.117. The predicted molar refractivity (Wildman–Crippen MR) is 73.8 cm³/mol. The van der Waals surface area contributed by atoms with Gasteiger partial charge in [0.15, 0.2) is 0 Å². The molecule has 2 rings (SSSR count). The summed E-state index contributed by atoms with van der Waals surface area (Å²) in [6, 6.07) is 8.41. The Kier molecular flexibility index (Phi) is 4.30. The van der Waals surface area contributed by atoms with E-state index in [1.807, 2.05) is 22.9 Å². The zero-order valence-corrected chi connectivity index (χ0v) is 10.9. The number of nitrogens with two attached hydrogens (primary N) is 1. The molecule has 3 N–H and O–H groups in total. The van der Waals surface area contributed by atoms with Crippen LogP contribution in [0.1, 0.15) is 24.9 Å². The lowest BCUT2D eigenvalue weighted by atomic mass is 10.1. The van der Waals surface area contributed by atoms with Crippen molar-refractivity contribution in [3.63, 3.8) is 0 Å². The molecule has 0 radical (unpaired) electrons. The second-order valence-corrected chi connectivity index (χ2v) is 4.45. The maximum absolute atomic E-state index is 10.7. The molecule has 1 unspecified atom stereocenters. The number of aromatic nitrogens is 2. The molecule has 0 aliphatic carbocycles. The van der Waals surface area contributed by atoms with Gasteiger partial charge in [-0.3, -0.25) is 4.79 Å². The first kappa shape index (κ1) is 13.3. The normalized spacial score (nSPS) is 12.3. The van der Waals surface area contributed by atoms with Crippen molar-refractivity contribution in [1.82, 2.24) is 14.9 Å². The zero-order chi connectivity index (χ0) is 13.7. The van der Waals surface area contributed by atoms with Gasteiger partial charge in [-0.05, 0) is 24.6 Å². The molecule has 0 fully saturated rings. The Hall–Kier alpha value is -2.14. The molecule has 1 aromatic heterocycles. The maximum Gasteiger partial charge on any atom is 0.218 e. The zero-order valence-electron chi connectivity index (χ0n) is 10.9. The molecule has 5 nitrogen and oxygen atoms in total. The summed E-state index contributed by atoms with van der Waals surface area (Å²) in [4.78, 5) is 14.7. The predicted octanol–water partition coefficient (Wildman–Crippen LogP) is 1.40. The molecule has 2 aromatic rings. The highest BCUT2D eigenvalue weighted by atomic mass is 16.1. The van der Waals surface area contributed by atoms with Crippen molar-refractivity contribution in [3.8, 4) is 5.69 Å². The third-order valence-corrected chi connectivity index (χ3v) is 3.02. The van der Waals surface area contributed by atoms with Crippen LogP contribution in [-0.2, 0) is 4.79 Å². The summed E-state index contributed by atoms with van der Waals surface area (Å²) in [5, 5.41) is 3.26. The maximum atomic E-state index is 10.7. The molecule has 0 saturated heterocycles. The minimum Gasteiger partial charge on any atom is -0.370 e. The second-order valence-electron chi connectivity index (χ2n) is 4.45. The lowest BCUT2D eigenvalue weighted by Crippen LogP contribution is -2.24. The summed E-state index contributed by atoms with van der Waals surface area (Å²) in [7, 11) is 0. The third kappa shape index (κ3) is 3.66. The van der Waals surface area contributed by atoms with E-state index in [0.29, 0.717) is 13.0 Å². The highest BCUT2D eigenvalue weighted by Crippen LogP contribution is 2.15. The fraction of sp³-hybridized carbons (Fsp3) is 0.286. The minimum absolute atomic E-state index is 0.191. The number of hydrogen-bond donors (Lipinski definition) is 2. The van der Waals surface area contributed by atoms with Crippen molar-refractivity contribution in [2.24, 2.45) is 5.73 Å². The Morgan fingerprint density at radius 1 is 1.42 bits per heavy atom. The average Bonchev–Trinajstić information content (AvgIpc) is 2.92. The number of rotatable bonds is 6. The lowest BCUT2D eigenvalue weighted by Gasteiger charge is -2.14. The summed E-state index contributed by atoms with van der Waals surface area (Å²) in [6.07, 6.45) is 5.78. The number of nitrogens with one attached hydrogen (secondary N) is 1. The number of benzene rings is 1. The molecule has 5 heteroatoms. The Morgan fingerprint density at radius 2 is 2.16 bits per heavy atom. The summed E-state index contributed by atoms with van der Waals surface area (Å²) >= 11 is 0. The van der Waals surface area contributed by atoms with Crippen molar-refractivity contribution in [2.45, 2.75) is 19.4 Å². The van der Waals surface area contributed by atoms with Crippen LogP contribution in [-0.4, -0.2) is 22.0 Å². The molecule has 0 bridgehead atoms. The van der Waals surface area contributed by atoms with Gasteiger partial charge in [0.25, 0.3) is 0 Å². The van der Waals surface area contributed by atoms with E-state index < -0.39 is 0 Å². The Labute approximate surface area is 112 Å². The third-order valence-electron chi connectivity index (χ3n) is 3.02. The van der Waals surface area contributed by atoms with Gasteiger partial charge in [-0.2, -0.15) is 0 Å². The molecular formula is C14H18N4O. The van der Waals surface area contributed by atoms with Crippen LogP contribution >= 0.6 is 0 Å². The van der Waals surface area contributed by atoms with Gasteiger partial charge >= 0.3 is 0 Å². The monoisotopic (exact) mass is 258 g/mol. The van der Waals surface area contributed by atoms with Crippen molar-refractivity contribution < 1.29 is 4.79 Å². The number of nitrogens with zero attached hydrogens (tertiary/aromatic N) is 2. The van der Waals surface area contributed by atoms with Crippen LogP contribution in [0.15, 0.2) is 43.0 Å². The quantitative estimate of drug-likeness (QED) is 0.822. The SMILES string of the molecule is CC(NCCC(N)=O)c1ccc(-n2ccnc2)cc1. The molecule has 1 aromatic carbocycles. The molecule has 0 aliphatic rings. The fourth-order valence-electron chi connectivity index (χ4n) is 1.88. The van der Waals surface area contributed by atoms with Crippen molar-refractivity contribution in [1.29, 1.82) is 0 Å². The average molecular weight is 258 g/mol. The first-order chi connectivity index (χ1) is 9.16. The number of carbonyl (C=O) groups is 1. The van der Waals surface area contributed by atoms with Crippen LogP contribution in [0.5, 0.6) is 0 Å². The number of amides is 1. The molecule has 0 aliphatic heterocycles. The Bertz CT molecular complexity index is 519. The van der Waals surface area contributed by atoms with Gasteiger partial charge in [0.1, 0.15) is 0 Å². The van der Waals surface area contributed by atoms with Gasteiger partial charge in [-0.1, -0.05) is 12.1 Å². The van der Waals surface area contributed by atoms with E-state index >= 15 is 0 Å². The number of carbonyl (C=O) groups excluding carboxylic acids is 1. The van der Waals surface area contributed by atoms with E-state index in [0.717, 1.165) is 5.69 Å². The Morgan fingerprint density at radius 3 is 2.74 bits per heavy atom. The largest absolute Gasteiger partial charge is 0.370 e. The Balaban J connectivity index is 1.96. The summed E-state index contributed by atoms with van der Waals surface area (Å²) < 4.78 is 1.95. The van der Waals surface area contributed by atoms with E-state index in [-0.39, 0.29) is 11.9 Å². The molecule has 0 saturated carbocycles. The first-order valence-electron chi connectivity index (χ1n) is 6.27. The van der Waals surface area contributed by atoms with E-state index in [9.17, 15) is 4.79 Å². The number of hydrogen-bond acceptors (Lipinski definition) is 3. The molecule has 1 amide bonds. The van der Waals surface area contributed by atoms with Gasteiger partial charge in [-0.25, -0.2) is 4.98 Å². The first-order valence-corrected chi connectivity index (χ1v) is 6.27. The number of primary amides is 1. The van der Waals surface area contributed by atoms with E-state index in [4.69, 9.17) is 5.73 Å². The molecule has 0 spiro atoms. The van der Waals surface area contributed by atoms with Gasteiger partial charge in [-0.15, -0.1) is 0 Å². The summed E-state index contributed by atoms with van der Waals surface area (Å²) in [5.74, 6) is -0.282. The molecule has 1 atom stereocenters. The van der Waals surface area contributed by atoms with E-state index in [1.165, 1.54) is 5.56 Å². The molecule has 100 valence electrons. The van der Waals surface area contributed by atoms with Crippen molar-refractivity contribution in [2.75, 3.05) is 6.54 Å². The fourth-order valence-corrected chi connectivity index (χ4v) is 1.88. The van der Waals surface area contributed by atoms with Crippen LogP contribution in [0.3, 0.4) is 0 Å². The highest BCUT2D eigenvalue weighted by molar-refractivity contribution is 5.73.